The van der Waals surface area contributed by atoms with Crippen molar-refractivity contribution in [1.29, 1.82) is 0 Å². The smallest absolute Gasteiger partial charge is 0.224 e. The third-order valence-electron chi connectivity index (χ3n) is 4.71. The van der Waals surface area contributed by atoms with E-state index in [0.29, 0.717) is 18.4 Å². The summed E-state index contributed by atoms with van der Waals surface area (Å²) in [7, 11) is 0. The maximum atomic E-state index is 12.4. The van der Waals surface area contributed by atoms with Gasteiger partial charge in [0.2, 0.25) is 5.91 Å². The highest BCUT2D eigenvalue weighted by atomic mass is 16.1. The third kappa shape index (κ3) is 4.34. The average Bonchev–Trinajstić information content (AvgIpc) is 2.66. The van der Waals surface area contributed by atoms with Gasteiger partial charge < -0.3 is 5.32 Å². The zero-order chi connectivity index (χ0) is 16.3. The zero-order valence-electron chi connectivity index (χ0n) is 14.8. The van der Waals surface area contributed by atoms with Gasteiger partial charge in [-0.05, 0) is 38.5 Å². The summed E-state index contributed by atoms with van der Waals surface area (Å²) in [6.45, 7) is 11.7. The van der Waals surface area contributed by atoms with Gasteiger partial charge in [-0.25, -0.2) is 0 Å². The van der Waals surface area contributed by atoms with Gasteiger partial charge in [-0.15, -0.1) is 0 Å². The molecule has 0 bridgehead atoms. The van der Waals surface area contributed by atoms with Crippen LogP contribution in [0.1, 0.15) is 63.4 Å². The van der Waals surface area contributed by atoms with Crippen LogP contribution in [0.3, 0.4) is 0 Å². The van der Waals surface area contributed by atoms with Crippen molar-refractivity contribution in [3.8, 4) is 0 Å². The Morgan fingerprint density at radius 1 is 1.36 bits per heavy atom. The summed E-state index contributed by atoms with van der Waals surface area (Å²) in [5.74, 6) is 1.44. The van der Waals surface area contributed by atoms with Gasteiger partial charge in [-0.3, -0.25) is 9.48 Å². The Balaban J connectivity index is 1.97. The zero-order valence-corrected chi connectivity index (χ0v) is 14.8. The lowest BCUT2D eigenvalue weighted by Gasteiger charge is -2.27. The van der Waals surface area contributed by atoms with Crippen molar-refractivity contribution in [3.63, 3.8) is 0 Å². The normalized spacial score (nSPS) is 22.1. The molecule has 1 aliphatic carbocycles. The highest BCUT2D eigenvalue weighted by molar-refractivity contribution is 5.79. The number of hydrogen-bond donors (Lipinski definition) is 1. The number of hydrogen-bond acceptors (Lipinski definition) is 2. The lowest BCUT2D eigenvalue weighted by atomic mass is 9.87. The van der Waals surface area contributed by atoms with Crippen LogP contribution in [0.2, 0.25) is 0 Å². The van der Waals surface area contributed by atoms with Gasteiger partial charge in [0, 0.05) is 23.8 Å². The first-order valence-corrected chi connectivity index (χ1v) is 8.69. The van der Waals surface area contributed by atoms with E-state index >= 15 is 0 Å². The van der Waals surface area contributed by atoms with Crippen LogP contribution in [0.15, 0.2) is 0 Å². The van der Waals surface area contributed by atoms with Crippen LogP contribution in [0.25, 0.3) is 0 Å². The predicted molar refractivity (Wildman–Crippen MR) is 89.8 cm³/mol. The molecular formula is C18H31N3O. The first-order valence-electron chi connectivity index (χ1n) is 8.69. The summed E-state index contributed by atoms with van der Waals surface area (Å²) in [4.78, 5) is 12.4. The molecule has 1 aromatic rings. The van der Waals surface area contributed by atoms with Crippen molar-refractivity contribution in [1.82, 2.24) is 15.1 Å². The van der Waals surface area contributed by atoms with Crippen molar-refractivity contribution >= 4 is 5.91 Å². The van der Waals surface area contributed by atoms with E-state index in [2.05, 4.69) is 38.1 Å². The molecule has 1 amide bonds. The van der Waals surface area contributed by atoms with Gasteiger partial charge in [-0.2, -0.15) is 5.10 Å². The van der Waals surface area contributed by atoms with E-state index in [9.17, 15) is 4.79 Å². The molecule has 0 aromatic carbocycles. The summed E-state index contributed by atoms with van der Waals surface area (Å²) in [6.07, 6.45) is 5.24. The molecule has 1 fully saturated rings. The minimum absolute atomic E-state index is 0.148. The second kappa shape index (κ2) is 7.30. The predicted octanol–water partition coefficient (Wildman–Crippen LogP) is 3.39. The molecule has 1 saturated carbocycles. The van der Waals surface area contributed by atoms with E-state index in [4.69, 9.17) is 0 Å². The second-order valence-electron chi connectivity index (χ2n) is 7.44. The third-order valence-corrected chi connectivity index (χ3v) is 4.71. The van der Waals surface area contributed by atoms with E-state index < -0.39 is 0 Å². The van der Waals surface area contributed by atoms with Crippen LogP contribution in [-0.4, -0.2) is 21.7 Å². The Hall–Kier alpha value is -1.32. The number of carbonyl (C=O) groups excluding carboxylic acids is 1. The molecule has 0 saturated heterocycles. The molecule has 2 rings (SSSR count). The Kier molecular flexibility index (Phi) is 5.65. The molecular weight excluding hydrogens is 274 g/mol. The quantitative estimate of drug-likeness (QED) is 0.906. The van der Waals surface area contributed by atoms with E-state index in [1.54, 1.807) is 0 Å². The van der Waals surface area contributed by atoms with Crippen molar-refractivity contribution < 1.29 is 4.79 Å². The molecule has 2 unspecified atom stereocenters. The van der Waals surface area contributed by atoms with Crippen LogP contribution >= 0.6 is 0 Å². The van der Waals surface area contributed by atoms with Crippen molar-refractivity contribution in [2.24, 2.45) is 11.8 Å². The molecule has 0 aliphatic heterocycles. The maximum absolute atomic E-state index is 12.4. The second-order valence-corrected chi connectivity index (χ2v) is 7.44. The molecule has 4 nitrogen and oxygen atoms in total. The molecule has 4 heteroatoms. The summed E-state index contributed by atoms with van der Waals surface area (Å²) in [6, 6.07) is 0.363. The Labute approximate surface area is 134 Å². The fraction of sp³-hybridized carbons (Fsp3) is 0.778. The van der Waals surface area contributed by atoms with Crippen molar-refractivity contribution in [2.75, 3.05) is 0 Å². The van der Waals surface area contributed by atoms with E-state index in [1.807, 2.05) is 11.6 Å². The Morgan fingerprint density at radius 2 is 2.09 bits per heavy atom. The number of aromatic nitrogens is 2. The summed E-state index contributed by atoms with van der Waals surface area (Å²) < 4.78 is 2.05. The lowest BCUT2D eigenvalue weighted by Crippen LogP contribution is -2.38. The van der Waals surface area contributed by atoms with E-state index in [1.165, 1.54) is 12.8 Å². The van der Waals surface area contributed by atoms with Gasteiger partial charge in [0.25, 0.3) is 0 Å². The highest BCUT2D eigenvalue weighted by Gasteiger charge is 2.22. The number of nitrogens with one attached hydrogen (secondary N) is 1. The van der Waals surface area contributed by atoms with Crippen LogP contribution in [0.4, 0.5) is 0 Å². The fourth-order valence-corrected chi connectivity index (χ4v) is 3.52. The summed E-state index contributed by atoms with van der Waals surface area (Å²) in [5, 5.41) is 7.83. The van der Waals surface area contributed by atoms with Gasteiger partial charge >= 0.3 is 0 Å². The highest BCUT2D eigenvalue weighted by Crippen LogP contribution is 2.23. The van der Waals surface area contributed by atoms with Gasteiger partial charge in [0.05, 0.1) is 12.1 Å². The molecule has 22 heavy (non-hydrogen) atoms. The van der Waals surface area contributed by atoms with Crippen LogP contribution in [0, 0.1) is 25.7 Å². The lowest BCUT2D eigenvalue weighted by molar-refractivity contribution is -0.121. The van der Waals surface area contributed by atoms with Gasteiger partial charge in [0.1, 0.15) is 0 Å². The molecule has 0 spiro atoms. The Bertz CT molecular complexity index is 519. The molecule has 1 heterocycles. The molecule has 1 N–H and O–H groups in total. The largest absolute Gasteiger partial charge is 0.353 e. The number of carbonyl (C=O) groups is 1. The first-order chi connectivity index (χ1) is 10.4. The van der Waals surface area contributed by atoms with E-state index in [0.717, 1.165) is 42.3 Å². The minimum atomic E-state index is 0.148. The standard InChI is InChI=1S/C18H31N3O/c1-12(2)11-21-15(5)17(14(4)20-21)10-18(22)19-16-8-6-7-13(3)9-16/h12-13,16H,6-11H2,1-5H3,(H,19,22). The molecule has 124 valence electrons. The van der Waals surface area contributed by atoms with Crippen LogP contribution in [-0.2, 0) is 17.8 Å². The van der Waals surface area contributed by atoms with Gasteiger partial charge in [-0.1, -0.05) is 33.6 Å². The topological polar surface area (TPSA) is 46.9 Å². The maximum Gasteiger partial charge on any atom is 0.224 e. The van der Waals surface area contributed by atoms with Gasteiger partial charge in [0.15, 0.2) is 0 Å². The first kappa shape index (κ1) is 17.0. The summed E-state index contributed by atoms with van der Waals surface area (Å²) >= 11 is 0. The number of rotatable bonds is 5. The minimum Gasteiger partial charge on any atom is -0.353 e. The van der Waals surface area contributed by atoms with Crippen molar-refractivity contribution in [3.05, 3.63) is 17.0 Å². The molecule has 0 radical (unpaired) electrons. The van der Waals surface area contributed by atoms with Crippen LogP contribution in [0.5, 0.6) is 0 Å². The average molecular weight is 305 g/mol. The molecule has 1 aliphatic rings. The number of aryl methyl sites for hydroxylation is 1. The number of nitrogens with zero attached hydrogens (tertiary/aromatic N) is 2. The fourth-order valence-electron chi connectivity index (χ4n) is 3.52. The molecule has 2 atom stereocenters. The monoisotopic (exact) mass is 305 g/mol. The number of amides is 1. The Morgan fingerprint density at radius 3 is 2.73 bits per heavy atom. The van der Waals surface area contributed by atoms with E-state index in [-0.39, 0.29) is 5.91 Å². The summed E-state index contributed by atoms with van der Waals surface area (Å²) in [5.41, 5.74) is 3.23. The van der Waals surface area contributed by atoms with Crippen molar-refractivity contribution in [2.45, 2.75) is 79.3 Å². The van der Waals surface area contributed by atoms with Crippen LogP contribution < -0.4 is 5.32 Å². The molecule has 1 aromatic heterocycles. The SMILES string of the molecule is Cc1nn(CC(C)C)c(C)c1CC(=O)NC1CCCC(C)C1.